The molecule has 0 N–H and O–H groups in total. The Morgan fingerprint density at radius 3 is 2.94 bits per heavy atom. The van der Waals surface area contributed by atoms with Gasteiger partial charge in [-0.25, -0.2) is 14.8 Å². The van der Waals surface area contributed by atoms with Crippen molar-refractivity contribution in [1.29, 1.82) is 0 Å². The van der Waals surface area contributed by atoms with Gasteiger partial charge in [-0.1, -0.05) is 12.1 Å². The molecule has 0 saturated carbocycles. The van der Waals surface area contributed by atoms with Crippen molar-refractivity contribution in [2.24, 2.45) is 7.05 Å². The molecule has 2 aromatic heterocycles. The van der Waals surface area contributed by atoms with Crippen LogP contribution in [0.4, 0.5) is 0 Å². The number of oxazole rings is 1. The highest BCUT2D eigenvalue weighted by molar-refractivity contribution is 6.28. The SMILES string of the molecule is Cn1c(=O)oc2cccc(-c3ccnc(Cl)n3)c21. The molecule has 5 nitrogen and oxygen atoms in total. The quantitative estimate of drug-likeness (QED) is 0.630. The summed E-state index contributed by atoms with van der Waals surface area (Å²) in [6.45, 7) is 0. The maximum absolute atomic E-state index is 11.5. The Hall–Kier alpha value is -2.14. The van der Waals surface area contributed by atoms with Crippen LogP contribution in [0.1, 0.15) is 0 Å². The van der Waals surface area contributed by atoms with Gasteiger partial charge in [0.05, 0.1) is 11.2 Å². The molecule has 90 valence electrons. The van der Waals surface area contributed by atoms with E-state index in [2.05, 4.69) is 9.97 Å². The Morgan fingerprint density at radius 2 is 2.17 bits per heavy atom. The maximum Gasteiger partial charge on any atom is 0.419 e. The fourth-order valence-electron chi connectivity index (χ4n) is 1.90. The lowest BCUT2D eigenvalue weighted by Gasteiger charge is -2.03. The van der Waals surface area contributed by atoms with Gasteiger partial charge in [0.1, 0.15) is 0 Å². The van der Waals surface area contributed by atoms with E-state index in [9.17, 15) is 4.79 Å². The minimum absolute atomic E-state index is 0.165. The number of hydrogen-bond acceptors (Lipinski definition) is 4. The Bertz CT molecular complexity index is 791. The zero-order valence-electron chi connectivity index (χ0n) is 9.42. The van der Waals surface area contributed by atoms with E-state index in [-0.39, 0.29) is 5.28 Å². The Morgan fingerprint density at radius 1 is 1.33 bits per heavy atom. The van der Waals surface area contributed by atoms with E-state index in [0.717, 1.165) is 5.56 Å². The summed E-state index contributed by atoms with van der Waals surface area (Å²) < 4.78 is 6.57. The minimum atomic E-state index is -0.405. The van der Waals surface area contributed by atoms with Crippen LogP contribution < -0.4 is 5.76 Å². The predicted octanol–water partition coefficient (Wildman–Crippen LogP) is 2.24. The monoisotopic (exact) mass is 261 g/mol. The fraction of sp³-hybridized carbons (Fsp3) is 0.0833. The first kappa shape index (κ1) is 11.0. The molecule has 0 atom stereocenters. The van der Waals surface area contributed by atoms with E-state index in [1.807, 2.05) is 6.07 Å². The van der Waals surface area contributed by atoms with Crippen LogP contribution in [0.2, 0.25) is 5.28 Å². The highest BCUT2D eigenvalue weighted by atomic mass is 35.5. The number of hydrogen-bond donors (Lipinski definition) is 0. The van der Waals surface area contributed by atoms with Gasteiger partial charge in [0.25, 0.3) is 0 Å². The number of nitrogens with zero attached hydrogens (tertiary/aromatic N) is 3. The van der Waals surface area contributed by atoms with Gasteiger partial charge in [0, 0.05) is 18.8 Å². The van der Waals surface area contributed by atoms with E-state index in [1.54, 1.807) is 31.4 Å². The van der Waals surface area contributed by atoms with Crippen molar-refractivity contribution in [3.63, 3.8) is 0 Å². The second-order valence-electron chi connectivity index (χ2n) is 3.79. The maximum atomic E-state index is 11.5. The average Bonchev–Trinajstić information content (AvgIpc) is 2.65. The van der Waals surface area contributed by atoms with E-state index < -0.39 is 5.76 Å². The predicted molar refractivity (Wildman–Crippen MR) is 67.5 cm³/mol. The summed E-state index contributed by atoms with van der Waals surface area (Å²) in [7, 11) is 1.65. The lowest BCUT2D eigenvalue weighted by atomic mass is 10.1. The molecule has 0 fully saturated rings. The molecule has 3 aromatic rings. The second kappa shape index (κ2) is 3.96. The molecule has 3 rings (SSSR count). The number of aromatic nitrogens is 3. The lowest BCUT2D eigenvalue weighted by molar-refractivity contribution is 0.528. The molecule has 0 amide bonds. The zero-order chi connectivity index (χ0) is 12.7. The van der Waals surface area contributed by atoms with Gasteiger partial charge in [-0.05, 0) is 23.7 Å². The summed E-state index contributed by atoms with van der Waals surface area (Å²) in [5.41, 5.74) is 2.65. The van der Waals surface area contributed by atoms with Crippen molar-refractivity contribution in [3.05, 3.63) is 46.3 Å². The molecule has 0 saturated heterocycles. The number of halogens is 1. The smallest absolute Gasteiger partial charge is 0.408 e. The van der Waals surface area contributed by atoms with E-state index in [0.29, 0.717) is 16.8 Å². The van der Waals surface area contributed by atoms with Crippen molar-refractivity contribution >= 4 is 22.7 Å². The van der Waals surface area contributed by atoms with Gasteiger partial charge in [-0.15, -0.1) is 0 Å². The van der Waals surface area contributed by atoms with Gasteiger partial charge in [0.2, 0.25) is 5.28 Å². The molecule has 0 radical (unpaired) electrons. The number of fused-ring (bicyclic) bond motifs is 1. The van der Waals surface area contributed by atoms with Gasteiger partial charge < -0.3 is 4.42 Å². The first-order valence-electron chi connectivity index (χ1n) is 5.24. The fourth-order valence-corrected chi connectivity index (χ4v) is 2.04. The van der Waals surface area contributed by atoms with Crippen LogP contribution in [0.5, 0.6) is 0 Å². The Kier molecular flexibility index (Phi) is 2.41. The topological polar surface area (TPSA) is 60.9 Å². The number of aryl methyl sites for hydroxylation is 1. The second-order valence-corrected chi connectivity index (χ2v) is 4.13. The molecular formula is C12H8ClN3O2. The van der Waals surface area contributed by atoms with Crippen LogP contribution in [-0.2, 0) is 7.05 Å². The first-order chi connectivity index (χ1) is 8.66. The van der Waals surface area contributed by atoms with Crippen LogP contribution >= 0.6 is 11.6 Å². The molecule has 0 spiro atoms. The van der Waals surface area contributed by atoms with Gasteiger partial charge in [-0.2, -0.15) is 0 Å². The van der Waals surface area contributed by atoms with Crippen LogP contribution in [0.15, 0.2) is 39.7 Å². The summed E-state index contributed by atoms with van der Waals surface area (Å²) in [6.07, 6.45) is 1.57. The molecule has 0 aliphatic rings. The highest BCUT2D eigenvalue weighted by Crippen LogP contribution is 2.26. The number of rotatable bonds is 1. The summed E-state index contributed by atoms with van der Waals surface area (Å²) in [4.78, 5) is 19.5. The van der Waals surface area contributed by atoms with E-state index in [1.165, 1.54) is 4.57 Å². The normalized spacial score (nSPS) is 11.0. The molecule has 0 aliphatic heterocycles. The minimum Gasteiger partial charge on any atom is -0.408 e. The van der Waals surface area contributed by atoms with Gasteiger partial charge in [-0.3, -0.25) is 4.57 Å². The van der Waals surface area contributed by atoms with Crippen LogP contribution in [0.3, 0.4) is 0 Å². The zero-order valence-corrected chi connectivity index (χ0v) is 10.2. The highest BCUT2D eigenvalue weighted by Gasteiger charge is 2.12. The molecule has 0 unspecified atom stereocenters. The van der Waals surface area contributed by atoms with Crippen LogP contribution in [-0.4, -0.2) is 14.5 Å². The van der Waals surface area contributed by atoms with Crippen molar-refractivity contribution < 1.29 is 4.42 Å². The summed E-state index contributed by atoms with van der Waals surface area (Å²) in [5, 5.41) is 0.165. The summed E-state index contributed by atoms with van der Waals surface area (Å²) in [5.74, 6) is -0.405. The molecular weight excluding hydrogens is 254 g/mol. The van der Waals surface area contributed by atoms with Crippen molar-refractivity contribution in [3.8, 4) is 11.3 Å². The Labute approximate surface area is 107 Å². The van der Waals surface area contributed by atoms with Crippen LogP contribution in [0, 0.1) is 0 Å². The van der Waals surface area contributed by atoms with Gasteiger partial charge >= 0.3 is 5.76 Å². The lowest BCUT2D eigenvalue weighted by Crippen LogP contribution is -2.09. The molecule has 2 heterocycles. The van der Waals surface area contributed by atoms with Crippen molar-refractivity contribution in [1.82, 2.24) is 14.5 Å². The molecule has 6 heteroatoms. The first-order valence-corrected chi connectivity index (χ1v) is 5.62. The third kappa shape index (κ3) is 1.60. The third-order valence-electron chi connectivity index (χ3n) is 2.71. The number of benzene rings is 1. The molecule has 1 aromatic carbocycles. The summed E-state index contributed by atoms with van der Waals surface area (Å²) >= 11 is 5.78. The standard InChI is InChI=1S/C12H8ClN3O2/c1-16-10-7(8-5-6-14-11(13)15-8)3-2-4-9(10)18-12(16)17/h2-6H,1H3. The van der Waals surface area contributed by atoms with Crippen LogP contribution in [0.25, 0.3) is 22.4 Å². The van der Waals surface area contributed by atoms with E-state index in [4.69, 9.17) is 16.0 Å². The van der Waals surface area contributed by atoms with Crippen molar-refractivity contribution in [2.75, 3.05) is 0 Å². The molecule has 0 bridgehead atoms. The van der Waals surface area contributed by atoms with E-state index >= 15 is 0 Å². The third-order valence-corrected chi connectivity index (χ3v) is 2.89. The summed E-state index contributed by atoms with van der Waals surface area (Å²) in [6, 6.07) is 7.13. The molecule has 0 aliphatic carbocycles. The largest absolute Gasteiger partial charge is 0.419 e. The van der Waals surface area contributed by atoms with Crippen molar-refractivity contribution in [2.45, 2.75) is 0 Å². The number of para-hydroxylation sites is 1. The Balaban J connectivity index is 2.39. The molecule has 18 heavy (non-hydrogen) atoms. The van der Waals surface area contributed by atoms with Gasteiger partial charge in [0.15, 0.2) is 5.58 Å². The average molecular weight is 262 g/mol.